The van der Waals surface area contributed by atoms with Gasteiger partial charge in [-0.3, -0.25) is 4.79 Å². The van der Waals surface area contributed by atoms with Crippen LogP contribution in [0.1, 0.15) is 80.4 Å². The molecule has 1 saturated carbocycles. The summed E-state index contributed by atoms with van der Waals surface area (Å²) in [4.78, 5) is 11.9. The van der Waals surface area contributed by atoms with Crippen LogP contribution in [-0.4, -0.2) is 18.2 Å². The second-order valence-electron chi connectivity index (χ2n) is 12.4. The zero-order valence-electron chi connectivity index (χ0n) is 23.6. The molecule has 5 rings (SSSR count). The van der Waals surface area contributed by atoms with Gasteiger partial charge in [0.25, 0.3) is 0 Å². The van der Waals surface area contributed by atoms with Gasteiger partial charge in [0.05, 0.1) is 12.0 Å². The van der Waals surface area contributed by atoms with E-state index in [4.69, 9.17) is 9.47 Å². The quantitative estimate of drug-likeness (QED) is 0.335. The molecule has 3 atom stereocenters. The van der Waals surface area contributed by atoms with Crippen molar-refractivity contribution in [3.63, 3.8) is 0 Å². The van der Waals surface area contributed by atoms with E-state index in [0.29, 0.717) is 12.2 Å². The van der Waals surface area contributed by atoms with E-state index in [1.807, 2.05) is 31.2 Å². The van der Waals surface area contributed by atoms with Gasteiger partial charge in [0.15, 0.2) is 0 Å². The van der Waals surface area contributed by atoms with Crippen LogP contribution >= 0.6 is 0 Å². The van der Waals surface area contributed by atoms with Crippen molar-refractivity contribution >= 4 is 5.97 Å². The van der Waals surface area contributed by atoms with Crippen molar-refractivity contribution in [2.24, 2.45) is 11.3 Å². The molecule has 4 nitrogen and oxygen atoms in total. The molecule has 2 aliphatic rings. The molecule has 2 aliphatic carbocycles. The average molecular weight is 531 g/mol. The van der Waals surface area contributed by atoms with Crippen LogP contribution in [0.5, 0.6) is 5.75 Å². The molecule has 0 heterocycles. The standard InChI is InChI=1S/C34H39FO4/c1-21-8-13-30(35)26(17-21)25-12-9-22(18-27(25)31(38-5)33(2,3)4)20-39-24-11-10-23-7-6-15-34(29(23)19-24)16-14-28(34)32(36)37/h8-13,17-19,28,31H,6-7,14-16,20H2,1-5H3,(H,36,37)/t28-,31+,34-/m0/s1. The van der Waals surface area contributed by atoms with Gasteiger partial charge in [0.2, 0.25) is 0 Å². The number of carboxylic acid groups (broad SMARTS) is 1. The van der Waals surface area contributed by atoms with E-state index in [1.165, 1.54) is 11.6 Å². The lowest BCUT2D eigenvalue weighted by Crippen LogP contribution is -2.50. The summed E-state index contributed by atoms with van der Waals surface area (Å²) >= 11 is 0. The molecule has 0 aromatic heterocycles. The number of benzene rings is 3. The molecule has 3 aromatic carbocycles. The van der Waals surface area contributed by atoms with Crippen molar-refractivity contribution in [1.29, 1.82) is 0 Å². The van der Waals surface area contributed by atoms with Gasteiger partial charge in [-0.05, 0) is 103 Å². The van der Waals surface area contributed by atoms with Crippen LogP contribution in [0.25, 0.3) is 11.1 Å². The van der Waals surface area contributed by atoms with Gasteiger partial charge in [0.1, 0.15) is 18.2 Å². The van der Waals surface area contributed by atoms with Crippen LogP contribution in [0.2, 0.25) is 0 Å². The molecular formula is C34H39FO4. The van der Waals surface area contributed by atoms with Crippen molar-refractivity contribution in [2.45, 2.75) is 77.9 Å². The number of hydrogen-bond donors (Lipinski definition) is 1. The molecule has 0 amide bonds. The van der Waals surface area contributed by atoms with Crippen molar-refractivity contribution in [2.75, 3.05) is 7.11 Å². The van der Waals surface area contributed by atoms with Crippen molar-refractivity contribution in [1.82, 2.24) is 0 Å². The van der Waals surface area contributed by atoms with Crippen LogP contribution in [0, 0.1) is 24.1 Å². The topological polar surface area (TPSA) is 55.8 Å². The van der Waals surface area contributed by atoms with Gasteiger partial charge in [-0.25, -0.2) is 4.39 Å². The van der Waals surface area contributed by atoms with Gasteiger partial charge in [0, 0.05) is 18.1 Å². The number of rotatable bonds is 7. The first-order valence-electron chi connectivity index (χ1n) is 13.9. The molecule has 0 aliphatic heterocycles. The maximum Gasteiger partial charge on any atom is 0.307 e. The Hall–Kier alpha value is -3.18. The largest absolute Gasteiger partial charge is 0.489 e. The van der Waals surface area contributed by atoms with E-state index in [1.54, 1.807) is 13.2 Å². The van der Waals surface area contributed by atoms with Gasteiger partial charge >= 0.3 is 5.97 Å². The number of methoxy groups -OCH3 is 1. The smallest absolute Gasteiger partial charge is 0.307 e. The number of halogens is 1. The monoisotopic (exact) mass is 530 g/mol. The van der Waals surface area contributed by atoms with Crippen LogP contribution < -0.4 is 4.74 Å². The predicted octanol–water partition coefficient (Wildman–Crippen LogP) is 8.18. The van der Waals surface area contributed by atoms with Crippen molar-refractivity contribution in [3.05, 3.63) is 88.2 Å². The lowest BCUT2D eigenvalue weighted by atomic mass is 9.52. The first-order valence-corrected chi connectivity index (χ1v) is 13.9. The summed E-state index contributed by atoms with van der Waals surface area (Å²) in [6.45, 7) is 8.67. The minimum atomic E-state index is -0.690. The molecule has 0 unspecified atom stereocenters. The first kappa shape index (κ1) is 27.4. The van der Waals surface area contributed by atoms with E-state index in [9.17, 15) is 14.3 Å². The normalized spacial score (nSPS) is 21.2. The number of carboxylic acids is 1. The van der Waals surface area contributed by atoms with E-state index in [2.05, 4.69) is 39.0 Å². The first-order chi connectivity index (χ1) is 18.5. The third-order valence-electron chi connectivity index (χ3n) is 8.77. The SMILES string of the molecule is CO[C@H](c1cc(COc2ccc3c(c2)[C@@]2(CCC3)CC[C@H]2C(=O)O)ccc1-c1cc(C)ccc1F)C(C)(C)C. The fourth-order valence-electron chi connectivity index (χ4n) is 6.80. The van der Waals surface area contributed by atoms with Crippen LogP contribution in [-0.2, 0) is 28.0 Å². The third kappa shape index (κ3) is 5.09. The van der Waals surface area contributed by atoms with Crippen molar-refractivity contribution in [3.8, 4) is 16.9 Å². The summed E-state index contributed by atoms with van der Waals surface area (Å²) in [7, 11) is 1.70. The maximum atomic E-state index is 15.0. The molecule has 0 saturated heterocycles. The zero-order chi connectivity index (χ0) is 27.9. The average Bonchev–Trinajstić information content (AvgIpc) is 2.87. The van der Waals surface area contributed by atoms with Crippen molar-refractivity contribution < 1.29 is 23.8 Å². The van der Waals surface area contributed by atoms with Gasteiger partial charge in [-0.15, -0.1) is 0 Å². The summed E-state index contributed by atoms with van der Waals surface area (Å²) in [6.07, 6.45) is 4.35. The Morgan fingerprint density at radius 1 is 1.08 bits per heavy atom. The Bertz CT molecular complexity index is 1390. The molecule has 1 fully saturated rings. The highest BCUT2D eigenvalue weighted by Crippen LogP contribution is 2.55. The van der Waals surface area contributed by atoms with Gasteiger partial charge < -0.3 is 14.6 Å². The molecule has 39 heavy (non-hydrogen) atoms. The zero-order valence-corrected chi connectivity index (χ0v) is 23.6. The molecule has 0 radical (unpaired) electrons. The fourth-order valence-corrected chi connectivity index (χ4v) is 6.80. The Kier molecular flexibility index (Phi) is 7.32. The number of hydrogen-bond acceptors (Lipinski definition) is 3. The Morgan fingerprint density at radius 2 is 1.87 bits per heavy atom. The number of aliphatic carboxylic acids is 1. The number of fused-ring (bicyclic) bond motifs is 2. The second-order valence-corrected chi connectivity index (χ2v) is 12.4. The van der Waals surface area contributed by atoms with Crippen LogP contribution in [0.15, 0.2) is 54.6 Å². The van der Waals surface area contributed by atoms with Crippen LogP contribution in [0.4, 0.5) is 4.39 Å². The van der Waals surface area contributed by atoms with E-state index < -0.39 is 5.97 Å². The van der Waals surface area contributed by atoms with E-state index >= 15 is 0 Å². The summed E-state index contributed by atoms with van der Waals surface area (Å²) in [5, 5.41) is 9.82. The second kappa shape index (κ2) is 10.4. The highest BCUT2D eigenvalue weighted by Gasteiger charge is 2.53. The van der Waals surface area contributed by atoms with E-state index in [-0.39, 0.29) is 28.7 Å². The number of carbonyl (C=O) groups is 1. The molecule has 0 bridgehead atoms. The molecule has 5 heteroatoms. The predicted molar refractivity (Wildman–Crippen MR) is 152 cm³/mol. The summed E-state index contributed by atoms with van der Waals surface area (Å²) in [6, 6.07) is 17.4. The Morgan fingerprint density at radius 3 is 2.54 bits per heavy atom. The fraction of sp³-hybridized carbons (Fsp3) is 0.441. The highest BCUT2D eigenvalue weighted by molar-refractivity contribution is 5.75. The molecule has 3 aromatic rings. The molecular weight excluding hydrogens is 491 g/mol. The molecule has 206 valence electrons. The van der Waals surface area contributed by atoms with E-state index in [0.717, 1.165) is 65.7 Å². The number of ether oxygens (including phenoxy) is 2. The minimum Gasteiger partial charge on any atom is -0.489 e. The Labute approximate surface area is 231 Å². The molecule has 1 spiro atoms. The van der Waals surface area contributed by atoms with Crippen LogP contribution in [0.3, 0.4) is 0 Å². The van der Waals surface area contributed by atoms with Gasteiger partial charge in [-0.1, -0.05) is 50.6 Å². The highest BCUT2D eigenvalue weighted by atomic mass is 19.1. The molecule has 1 N–H and O–H groups in total. The maximum absolute atomic E-state index is 15.0. The minimum absolute atomic E-state index is 0.209. The van der Waals surface area contributed by atoms with Gasteiger partial charge in [-0.2, -0.15) is 0 Å². The third-order valence-corrected chi connectivity index (χ3v) is 8.77. The number of aryl methyl sites for hydroxylation is 2. The summed E-state index contributed by atoms with van der Waals surface area (Å²) < 4.78 is 27.2. The lowest BCUT2D eigenvalue weighted by molar-refractivity contribution is -0.150. The summed E-state index contributed by atoms with van der Waals surface area (Å²) in [5.74, 6) is -0.509. The lowest BCUT2D eigenvalue weighted by Gasteiger charge is -2.51. The Balaban J connectivity index is 1.46. The summed E-state index contributed by atoms with van der Waals surface area (Å²) in [5.41, 5.74) is 6.22.